The molecular weight excluding hydrogens is 244 g/mol. The Morgan fingerprint density at radius 3 is 2.17 bits per heavy atom. The third kappa shape index (κ3) is 2.27. The van der Waals surface area contributed by atoms with Gasteiger partial charge in [0.25, 0.3) is 0 Å². The molecule has 0 unspecified atom stereocenters. The van der Waals surface area contributed by atoms with Crippen molar-refractivity contribution in [2.45, 2.75) is 70.3 Å². The van der Waals surface area contributed by atoms with Gasteiger partial charge in [-0.15, -0.1) is 0 Å². The van der Waals surface area contributed by atoms with Gasteiger partial charge < -0.3 is 11.1 Å². The molecule has 0 aromatic heterocycles. The van der Waals surface area contributed by atoms with Crippen LogP contribution >= 0.6 is 12.2 Å². The number of hydrogen-bond donors (Lipinski definition) is 2. The van der Waals surface area contributed by atoms with Gasteiger partial charge in [-0.1, -0.05) is 38.4 Å². The molecule has 2 aliphatic rings. The van der Waals surface area contributed by atoms with Gasteiger partial charge in [0.05, 0.1) is 10.4 Å². The van der Waals surface area contributed by atoms with Crippen LogP contribution < -0.4 is 11.1 Å². The minimum Gasteiger partial charge on any atom is -0.392 e. The standard InChI is InChI=1S/C14H24N2OS/c1-2-13(7-6-8-13)16-12(17)14(11(15)18)9-4-3-5-10-14/h2-10H2,1H3,(H2,15,18)(H,16,17). The normalized spacial score (nSPS) is 24.9. The van der Waals surface area contributed by atoms with Crippen molar-refractivity contribution in [1.82, 2.24) is 5.32 Å². The molecule has 102 valence electrons. The van der Waals surface area contributed by atoms with Crippen molar-refractivity contribution < 1.29 is 4.79 Å². The van der Waals surface area contributed by atoms with E-state index in [9.17, 15) is 4.79 Å². The summed E-state index contributed by atoms with van der Waals surface area (Å²) in [7, 11) is 0. The van der Waals surface area contributed by atoms with Crippen LogP contribution in [0.25, 0.3) is 0 Å². The molecule has 2 saturated carbocycles. The molecule has 0 atom stereocenters. The number of carbonyl (C=O) groups is 1. The predicted molar refractivity (Wildman–Crippen MR) is 77.3 cm³/mol. The lowest BCUT2D eigenvalue weighted by molar-refractivity contribution is -0.132. The summed E-state index contributed by atoms with van der Waals surface area (Å²) in [5, 5.41) is 3.26. The summed E-state index contributed by atoms with van der Waals surface area (Å²) in [4.78, 5) is 13.0. The molecule has 2 aliphatic carbocycles. The first-order valence-electron chi connectivity index (χ1n) is 7.17. The smallest absolute Gasteiger partial charge is 0.233 e. The number of nitrogens with two attached hydrogens (primary N) is 1. The summed E-state index contributed by atoms with van der Waals surface area (Å²) >= 11 is 5.20. The maximum Gasteiger partial charge on any atom is 0.233 e. The van der Waals surface area contributed by atoms with Gasteiger partial charge in [-0.05, 0) is 38.5 Å². The van der Waals surface area contributed by atoms with Crippen molar-refractivity contribution in [3.05, 3.63) is 0 Å². The maximum absolute atomic E-state index is 12.7. The fourth-order valence-electron chi connectivity index (χ4n) is 3.27. The van der Waals surface area contributed by atoms with E-state index in [1.54, 1.807) is 0 Å². The lowest BCUT2D eigenvalue weighted by Gasteiger charge is -2.45. The molecule has 0 bridgehead atoms. The Bertz CT molecular complexity index is 338. The zero-order valence-corrected chi connectivity index (χ0v) is 12.1. The molecule has 0 aromatic carbocycles. The molecule has 3 N–H and O–H groups in total. The van der Waals surface area contributed by atoms with Crippen molar-refractivity contribution in [3.63, 3.8) is 0 Å². The molecular formula is C14H24N2OS. The first kappa shape index (κ1) is 13.8. The molecule has 2 fully saturated rings. The highest BCUT2D eigenvalue weighted by Gasteiger charge is 2.46. The van der Waals surface area contributed by atoms with E-state index in [0.717, 1.165) is 44.9 Å². The summed E-state index contributed by atoms with van der Waals surface area (Å²) in [6.07, 6.45) is 9.39. The van der Waals surface area contributed by atoms with Gasteiger partial charge in [0, 0.05) is 5.54 Å². The van der Waals surface area contributed by atoms with E-state index in [2.05, 4.69) is 12.2 Å². The Balaban J connectivity index is 2.11. The number of carbonyl (C=O) groups excluding carboxylic acids is 1. The van der Waals surface area contributed by atoms with Crippen LogP contribution in [0.2, 0.25) is 0 Å². The zero-order chi connectivity index (χ0) is 13.2. The molecule has 0 radical (unpaired) electrons. The predicted octanol–water partition coefficient (Wildman–Crippen LogP) is 2.67. The average molecular weight is 268 g/mol. The summed E-state index contributed by atoms with van der Waals surface area (Å²) in [5.41, 5.74) is 5.36. The van der Waals surface area contributed by atoms with Crippen molar-refractivity contribution >= 4 is 23.1 Å². The van der Waals surface area contributed by atoms with E-state index in [4.69, 9.17) is 18.0 Å². The van der Waals surface area contributed by atoms with Gasteiger partial charge in [0.15, 0.2) is 0 Å². The van der Waals surface area contributed by atoms with Crippen molar-refractivity contribution in [2.75, 3.05) is 0 Å². The third-order valence-corrected chi connectivity index (χ3v) is 5.37. The molecule has 1 amide bonds. The van der Waals surface area contributed by atoms with Gasteiger partial charge in [0.2, 0.25) is 5.91 Å². The number of amides is 1. The third-order valence-electron chi connectivity index (χ3n) is 4.98. The van der Waals surface area contributed by atoms with Gasteiger partial charge in [-0.25, -0.2) is 0 Å². The van der Waals surface area contributed by atoms with E-state index >= 15 is 0 Å². The van der Waals surface area contributed by atoms with Crippen molar-refractivity contribution in [1.29, 1.82) is 0 Å². The molecule has 0 heterocycles. The highest BCUT2D eigenvalue weighted by atomic mass is 32.1. The van der Waals surface area contributed by atoms with Crippen molar-refractivity contribution in [3.8, 4) is 0 Å². The quantitative estimate of drug-likeness (QED) is 0.771. The fraction of sp³-hybridized carbons (Fsp3) is 0.857. The van der Waals surface area contributed by atoms with Crippen LogP contribution in [-0.4, -0.2) is 16.4 Å². The first-order valence-corrected chi connectivity index (χ1v) is 7.58. The highest BCUT2D eigenvalue weighted by molar-refractivity contribution is 7.80. The second-order valence-electron chi connectivity index (χ2n) is 5.95. The van der Waals surface area contributed by atoms with Gasteiger partial charge in [-0.2, -0.15) is 0 Å². The minimum absolute atomic E-state index is 0.0340. The Hall–Kier alpha value is -0.640. The Kier molecular flexibility index (Phi) is 3.95. The molecule has 3 nitrogen and oxygen atoms in total. The molecule has 4 heteroatoms. The van der Waals surface area contributed by atoms with Crippen LogP contribution in [0.1, 0.15) is 64.7 Å². The van der Waals surface area contributed by atoms with Crippen LogP contribution in [-0.2, 0) is 4.79 Å². The van der Waals surface area contributed by atoms with E-state index in [-0.39, 0.29) is 11.4 Å². The Morgan fingerprint density at radius 1 is 1.17 bits per heavy atom. The summed E-state index contributed by atoms with van der Waals surface area (Å²) < 4.78 is 0. The van der Waals surface area contributed by atoms with E-state index < -0.39 is 5.41 Å². The molecule has 0 saturated heterocycles. The lowest BCUT2D eigenvalue weighted by Crippen LogP contribution is -2.59. The number of thiocarbonyl (C=S) groups is 1. The summed E-state index contributed by atoms with van der Waals surface area (Å²) in [6, 6.07) is 0. The van der Waals surface area contributed by atoms with Crippen LogP contribution in [0.15, 0.2) is 0 Å². The second-order valence-corrected chi connectivity index (χ2v) is 6.39. The Labute approximate surface area is 115 Å². The molecule has 2 rings (SSSR count). The Morgan fingerprint density at radius 2 is 1.78 bits per heavy atom. The van der Waals surface area contributed by atoms with Crippen LogP contribution in [0.3, 0.4) is 0 Å². The van der Waals surface area contributed by atoms with Gasteiger partial charge in [-0.3, -0.25) is 4.79 Å². The van der Waals surface area contributed by atoms with Gasteiger partial charge in [0.1, 0.15) is 0 Å². The van der Waals surface area contributed by atoms with Crippen LogP contribution in [0, 0.1) is 5.41 Å². The minimum atomic E-state index is -0.564. The first-order chi connectivity index (χ1) is 8.55. The largest absolute Gasteiger partial charge is 0.392 e. The monoisotopic (exact) mass is 268 g/mol. The van der Waals surface area contributed by atoms with Crippen molar-refractivity contribution in [2.24, 2.45) is 11.1 Å². The number of rotatable bonds is 4. The topological polar surface area (TPSA) is 55.1 Å². The zero-order valence-electron chi connectivity index (χ0n) is 11.3. The lowest BCUT2D eigenvalue weighted by atomic mass is 9.70. The molecule has 18 heavy (non-hydrogen) atoms. The number of hydrogen-bond acceptors (Lipinski definition) is 2. The summed E-state index contributed by atoms with van der Waals surface area (Å²) in [5.74, 6) is 0.0938. The van der Waals surface area contributed by atoms with Crippen LogP contribution in [0.5, 0.6) is 0 Å². The average Bonchev–Trinajstić information content (AvgIpc) is 2.34. The molecule has 0 aromatic rings. The maximum atomic E-state index is 12.7. The van der Waals surface area contributed by atoms with E-state index in [1.807, 2.05) is 0 Å². The van der Waals surface area contributed by atoms with E-state index in [0.29, 0.717) is 4.99 Å². The SMILES string of the molecule is CCC1(NC(=O)C2(C(N)=S)CCCCC2)CCC1. The molecule has 0 aliphatic heterocycles. The second kappa shape index (κ2) is 5.16. The summed E-state index contributed by atoms with van der Waals surface area (Å²) in [6.45, 7) is 2.15. The highest BCUT2D eigenvalue weighted by Crippen LogP contribution is 2.40. The molecule has 0 spiro atoms. The number of nitrogens with one attached hydrogen (secondary N) is 1. The van der Waals surface area contributed by atoms with Crippen LogP contribution in [0.4, 0.5) is 0 Å². The fourth-order valence-corrected chi connectivity index (χ4v) is 3.57. The van der Waals surface area contributed by atoms with Gasteiger partial charge >= 0.3 is 0 Å². The van der Waals surface area contributed by atoms with E-state index in [1.165, 1.54) is 12.8 Å².